The Balaban J connectivity index is 2.09. The standard InChI is InChI=1S/C15H29N/c1-13(2)6-5-7-15-8-10-16(11-9-15)12-14(3)4/h14-15H,1,5-12H2,2-4H3. The summed E-state index contributed by atoms with van der Waals surface area (Å²) in [7, 11) is 0. The van der Waals surface area contributed by atoms with E-state index in [1.54, 1.807) is 0 Å². The molecule has 0 saturated carbocycles. The highest BCUT2D eigenvalue weighted by molar-refractivity contribution is 4.87. The van der Waals surface area contributed by atoms with Gasteiger partial charge in [0.2, 0.25) is 0 Å². The largest absolute Gasteiger partial charge is 0.303 e. The molecule has 0 aromatic heterocycles. The van der Waals surface area contributed by atoms with Crippen LogP contribution in [0.5, 0.6) is 0 Å². The third-order valence-electron chi connectivity index (χ3n) is 3.55. The highest BCUT2D eigenvalue weighted by Gasteiger charge is 2.18. The number of allylic oxidation sites excluding steroid dienone is 1. The second-order valence-corrected chi connectivity index (χ2v) is 5.99. The summed E-state index contributed by atoms with van der Waals surface area (Å²) >= 11 is 0. The smallest absolute Gasteiger partial charge is 0.000439 e. The first-order valence-electron chi connectivity index (χ1n) is 6.94. The lowest BCUT2D eigenvalue weighted by Crippen LogP contribution is -2.36. The number of nitrogens with zero attached hydrogens (tertiary/aromatic N) is 1. The van der Waals surface area contributed by atoms with Crippen molar-refractivity contribution in [2.24, 2.45) is 11.8 Å². The van der Waals surface area contributed by atoms with Gasteiger partial charge in [0.25, 0.3) is 0 Å². The lowest BCUT2D eigenvalue weighted by atomic mass is 9.90. The van der Waals surface area contributed by atoms with Gasteiger partial charge in [-0.3, -0.25) is 0 Å². The molecule has 0 amide bonds. The molecule has 1 rings (SSSR count). The quantitative estimate of drug-likeness (QED) is 0.613. The molecule has 1 aliphatic rings. The van der Waals surface area contributed by atoms with E-state index in [4.69, 9.17) is 0 Å². The third-order valence-corrected chi connectivity index (χ3v) is 3.55. The molecule has 1 saturated heterocycles. The maximum atomic E-state index is 3.97. The van der Waals surface area contributed by atoms with Crippen molar-refractivity contribution in [3.8, 4) is 0 Å². The summed E-state index contributed by atoms with van der Waals surface area (Å²) in [5.41, 5.74) is 1.34. The summed E-state index contributed by atoms with van der Waals surface area (Å²) in [6.45, 7) is 14.7. The molecule has 0 N–H and O–H groups in total. The molecular weight excluding hydrogens is 194 g/mol. The van der Waals surface area contributed by atoms with E-state index < -0.39 is 0 Å². The zero-order valence-electron chi connectivity index (χ0n) is 11.5. The van der Waals surface area contributed by atoms with Crippen LogP contribution in [-0.4, -0.2) is 24.5 Å². The molecule has 0 aromatic carbocycles. The molecule has 0 aromatic rings. The van der Waals surface area contributed by atoms with Crippen molar-refractivity contribution in [1.82, 2.24) is 4.90 Å². The van der Waals surface area contributed by atoms with Crippen LogP contribution < -0.4 is 0 Å². The summed E-state index contributed by atoms with van der Waals surface area (Å²) in [6.07, 6.45) is 6.84. The van der Waals surface area contributed by atoms with Gasteiger partial charge in [-0.25, -0.2) is 0 Å². The van der Waals surface area contributed by atoms with Crippen molar-refractivity contribution in [1.29, 1.82) is 0 Å². The van der Waals surface area contributed by atoms with Gasteiger partial charge in [-0.15, -0.1) is 6.58 Å². The predicted octanol–water partition coefficient (Wildman–Crippen LogP) is 4.10. The van der Waals surface area contributed by atoms with Crippen molar-refractivity contribution in [3.05, 3.63) is 12.2 Å². The number of rotatable bonds is 6. The van der Waals surface area contributed by atoms with E-state index >= 15 is 0 Å². The Morgan fingerprint density at radius 2 is 1.94 bits per heavy atom. The lowest BCUT2D eigenvalue weighted by Gasteiger charge is -2.33. The van der Waals surface area contributed by atoms with E-state index in [2.05, 4.69) is 32.3 Å². The van der Waals surface area contributed by atoms with Crippen molar-refractivity contribution < 1.29 is 0 Å². The Labute approximate surface area is 102 Å². The molecule has 0 radical (unpaired) electrons. The van der Waals surface area contributed by atoms with Gasteiger partial charge in [0.15, 0.2) is 0 Å². The molecule has 1 heterocycles. The van der Waals surface area contributed by atoms with Gasteiger partial charge in [-0.1, -0.05) is 25.8 Å². The van der Waals surface area contributed by atoms with Gasteiger partial charge in [0.1, 0.15) is 0 Å². The Kier molecular flexibility index (Phi) is 6.12. The number of piperidine rings is 1. The van der Waals surface area contributed by atoms with E-state index in [9.17, 15) is 0 Å². The van der Waals surface area contributed by atoms with Crippen molar-refractivity contribution in [2.45, 2.75) is 52.9 Å². The fraction of sp³-hybridized carbons (Fsp3) is 0.867. The highest BCUT2D eigenvalue weighted by Crippen LogP contribution is 2.23. The van der Waals surface area contributed by atoms with Gasteiger partial charge < -0.3 is 4.90 Å². The fourth-order valence-corrected chi connectivity index (χ4v) is 2.67. The summed E-state index contributed by atoms with van der Waals surface area (Å²) in [5.74, 6) is 1.81. The fourth-order valence-electron chi connectivity index (χ4n) is 2.67. The Morgan fingerprint density at radius 3 is 2.44 bits per heavy atom. The van der Waals surface area contributed by atoms with Gasteiger partial charge in [0.05, 0.1) is 0 Å². The zero-order valence-corrected chi connectivity index (χ0v) is 11.5. The molecule has 94 valence electrons. The molecule has 0 unspecified atom stereocenters. The SMILES string of the molecule is C=C(C)CCCC1CCN(CC(C)C)CC1. The number of likely N-dealkylation sites (tertiary alicyclic amines) is 1. The number of hydrogen-bond donors (Lipinski definition) is 0. The van der Waals surface area contributed by atoms with Crippen LogP contribution in [-0.2, 0) is 0 Å². The van der Waals surface area contributed by atoms with Gasteiger partial charge in [-0.2, -0.15) is 0 Å². The van der Waals surface area contributed by atoms with E-state index in [-0.39, 0.29) is 0 Å². The van der Waals surface area contributed by atoms with Crippen LogP contribution in [0.25, 0.3) is 0 Å². The molecule has 1 fully saturated rings. The maximum absolute atomic E-state index is 3.97. The molecule has 1 heteroatoms. The van der Waals surface area contributed by atoms with Gasteiger partial charge >= 0.3 is 0 Å². The van der Waals surface area contributed by atoms with Gasteiger partial charge in [0, 0.05) is 6.54 Å². The van der Waals surface area contributed by atoms with Crippen LogP contribution in [0.1, 0.15) is 52.9 Å². The van der Waals surface area contributed by atoms with Crippen molar-refractivity contribution in [2.75, 3.05) is 19.6 Å². The average molecular weight is 223 g/mol. The minimum Gasteiger partial charge on any atom is -0.303 e. The first-order valence-corrected chi connectivity index (χ1v) is 6.94. The average Bonchev–Trinajstić information content (AvgIpc) is 2.19. The first kappa shape index (κ1) is 13.8. The van der Waals surface area contributed by atoms with Crippen LogP contribution in [0.15, 0.2) is 12.2 Å². The molecule has 1 aliphatic heterocycles. The van der Waals surface area contributed by atoms with E-state index in [0.717, 1.165) is 11.8 Å². The maximum Gasteiger partial charge on any atom is 0.000439 e. The predicted molar refractivity (Wildman–Crippen MR) is 72.7 cm³/mol. The molecule has 16 heavy (non-hydrogen) atoms. The summed E-state index contributed by atoms with van der Waals surface area (Å²) in [5, 5.41) is 0. The van der Waals surface area contributed by atoms with Crippen LogP contribution in [0.2, 0.25) is 0 Å². The van der Waals surface area contributed by atoms with Crippen molar-refractivity contribution >= 4 is 0 Å². The second kappa shape index (κ2) is 7.11. The minimum absolute atomic E-state index is 0.819. The topological polar surface area (TPSA) is 3.24 Å². The first-order chi connectivity index (χ1) is 7.58. The zero-order chi connectivity index (χ0) is 12.0. The molecule has 0 atom stereocenters. The Morgan fingerprint density at radius 1 is 1.31 bits per heavy atom. The van der Waals surface area contributed by atoms with Crippen LogP contribution in [0.4, 0.5) is 0 Å². The normalized spacial score (nSPS) is 19.2. The van der Waals surface area contributed by atoms with E-state index in [1.807, 2.05) is 0 Å². The van der Waals surface area contributed by atoms with E-state index in [1.165, 1.54) is 57.3 Å². The summed E-state index contributed by atoms with van der Waals surface area (Å²) in [6, 6.07) is 0. The van der Waals surface area contributed by atoms with E-state index in [0.29, 0.717) is 0 Å². The minimum atomic E-state index is 0.819. The third kappa shape index (κ3) is 5.69. The molecule has 0 aliphatic carbocycles. The highest BCUT2D eigenvalue weighted by atomic mass is 15.1. The number of hydrogen-bond acceptors (Lipinski definition) is 1. The van der Waals surface area contributed by atoms with Crippen LogP contribution in [0.3, 0.4) is 0 Å². The lowest BCUT2D eigenvalue weighted by molar-refractivity contribution is 0.162. The Bertz CT molecular complexity index is 199. The molecule has 1 nitrogen and oxygen atoms in total. The van der Waals surface area contributed by atoms with Crippen LogP contribution in [0, 0.1) is 11.8 Å². The molecule has 0 bridgehead atoms. The second-order valence-electron chi connectivity index (χ2n) is 5.99. The summed E-state index contributed by atoms with van der Waals surface area (Å²) in [4.78, 5) is 2.64. The molecular formula is C15H29N. The van der Waals surface area contributed by atoms with Crippen LogP contribution >= 0.6 is 0 Å². The molecule has 0 spiro atoms. The monoisotopic (exact) mass is 223 g/mol. The summed E-state index contributed by atoms with van der Waals surface area (Å²) < 4.78 is 0. The van der Waals surface area contributed by atoms with Crippen molar-refractivity contribution in [3.63, 3.8) is 0 Å². The van der Waals surface area contributed by atoms with Gasteiger partial charge in [-0.05, 0) is 57.5 Å². The Hall–Kier alpha value is -0.300.